The summed E-state index contributed by atoms with van der Waals surface area (Å²) in [4.78, 5) is 10.6. The van der Waals surface area contributed by atoms with Crippen LogP contribution >= 0.6 is 0 Å². The fourth-order valence-corrected chi connectivity index (χ4v) is 1.96. The summed E-state index contributed by atoms with van der Waals surface area (Å²) in [7, 11) is 0. The first kappa shape index (κ1) is 12.1. The lowest BCUT2D eigenvalue weighted by molar-refractivity contribution is 0.249. The Hall–Kier alpha value is -1.40. The maximum atomic E-state index is 5.59. The maximum absolute atomic E-state index is 5.59. The van der Waals surface area contributed by atoms with E-state index in [1.165, 1.54) is 0 Å². The van der Waals surface area contributed by atoms with E-state index in [1.54, 1.807) is 0 Å². The molecule has 4 N–H and O–H groups in total. The number of hydrogen-bond acceptors (Lipinski definition) is 6. The largest absolute Gasteiger partial charge is 0.369 e. The van der Waals surface area contributed by atoms with Crippen LogP contribution in [-0.4, -0.2) is 54.1 Å². The van der Waals surface area contributed by atoms with Crippen molar-refractivity contribution in [3.05, 3.63) is 11.8 Å². The van der Waals surface area contributed by atoms with Crippen molar-refractivity contribution in [2.24, 2.45) is 0 Å². The molecule has 94 valence electrons. The van der Waals surface area contributed by atoms with Gasteiger partial charge in [0.2, 0.25) is 5.95 Å². The van der Waals surface area contributed by atoms with E-state index in [4.69, 9.17) is 5.73 Å². The van der Waals surface area contributed by atoms with E-state index in [0.29, 0.717) is 5.95 Å². The number of aromatic nitrogens is 2. The molecule has 2 heterocycles. The number of hydrogen-bond donors (Lipinski definition) is 3. The van der Waals surface area contributed by atoms with E-state index in [0.717, 1.165) is 50.8 Å². The second-order valence-corrected chi connectivity index (χ2v) is 4.27. The van der Waals surface area contributed by atoms with Gasteiger partial charge in [0, 0.05) is 51.0 Å². The standard InChI is InChI=1S/C11H20N6/c1-9-8-10(16-11(12)15-9)14-4-7-17-5-2-13-3-6-17/h8,13H,2-7H2,1H3,(H3,12,14,15,16). The lowest BCUT2D eigenvalue weighted by Crippen LogP contribution is -2.45. The van der Waals surface area contributed by atoms with Crippen LogP contribution in [0.1, 0.15) is 5.69 Å². The summed E-state index contributed by atoms with van der Waals surface area (Å²) in [6.07, 6.45) is 0. The molecule has 2 rings (SSSR count). The number of anilines is 2. The lowest BCUT2D eigenvalue weighted by Gasteiger charge is -2.27. The second kappa shape index (κ2) is 5.79. The summed E-state index contributed by atoms with van der Waals surface area (Å²) in [5.74, 6) is 1.14. The normalized spacial score (nSPS) is 17.0. The Balaban J connectivity index is 1.77. The van der Waals surface area contributed by atoms with Crippen molar-refractivity contribution in [3.63, 3.8) is 0 Å². The van der Waals surface area contributed by atoms with Gasteiger partial charge in [-0.1, -0.05) is 0 Å². The number of nitrogens with zero attached hydrogens (tertiary/aromatic N) is 3. The molecule has 0 unspecified atom stereocenters. The molecule has 1 fully saturated rings. The molecule has 0 aliphatic carbocycles. The van der Waals surface area contributed by atoms with Gasteiger partial charge in [-0.2, -0.15) is 4.98 Å². The summed E-state index contributed by atoms with van der Waals surface area (Å²) in [5, 5.41) is 6.62. The molecule has 0 bridgehead atoms. The fourth-order valence-electron chi connectivity index (χ4n) is 1.96. The van der Waals surface area contributed by atoms with Gasteiger partial charge in [-0.05, 0) is 6.92 Å². The first-order valence-electron chi connectivity index (χ1n) is 6.02. The van der Waals surface area contributed by atoms with Gasteiger partial charge in [-0.25, -0.2) is 4.98 Å². The highest BCUT2D eigenvalue weighted by Gasteiger charge is 2.08. The first-order chi connectivity index (χ1) is 8.24. The third-order valence-corrected chi connectivity index (χ3v) is 2.82. The molecule has 6 heteroatoms. The molecule has 0 radical (unpaired) electrons. The molecule has 1 aromatic rings. The molecule has 17 heavy (non-hydrogen) atoms. The third kappa shape index (κ3) is 3.83. The summed E-state index contributed by atoms with van der Waals surface area (Å²) in [6, 6.07) is 1.91. The number of nitrogen functional groups attached to an aromatic ring is 1. The molecule has 0 aromatic carbocycles. The van der Waals surface area contributed by atoms with Crippen LogP contribution in [0.25, 0.3) is 0 Å². The van der Waals surface area contributed by atoms with Crippen LogP contribution in [0, 0.1) is 6.92 Å². The molecule has 0 spiro atoms. The molecule has 1 aliphatic rings. The predicted molar refractivity (Wildman–Crippen MR) is 69.0 cm³/mol. The quantitative estimate of drug-likeness (QED) is 0.665. The smallest absolute Gasteiger partial charge is 0.222 e. The van der Waals surface area contributed by atoms with E-state index in [9.17, 15) is 0 Å². The Kier molecular flexibility index (Phi) is 4.11. The van der Waals surface area contributed by atoms with Gasteiger partial charge in [0.05, 0.1) is 0 Å². The van der Waals surface area contributed by atoms with E-state index in [1.807, 2.05) is 13.0 Å². The molecule has 1 aromatic heterocycles. The number of aryl methyl sites for hydroxylation is 1. The van der Waals surface area contributed by atoms with Crippen molar-refractivity contribution in [3.8, 4) is 0 Å². The van der Waals surface area contributed by atoms with Gasteiger partial charge >= 0.3 is 0 Å². The second-order valence-electron chi connectivity index (χ2n) is 4.27. The minimum atomic E-state index is 0.328. The highest BCUT2D eigenvalue weighted by atomic mass is 15.2. The van der Waals surface area contributed by atoms with Crippen molar-refractivity contribution in [1.29, 1.82) is 0 Å². The zero-order valence-corrected chi connectivity index (χ0v) is 10.2. The molecular weight excluding hydrogens is 216 g/mol. The van der Waals surface area contributed by atoms with Crippen LogP contribution in [0.4, 0.5) is 11.8 Å². The topological polar surface area (TPSA) is 79.1 Å². The Bertz CT molecular complexity index is 341. The van der Waals surface area contributed by atoms with E-state index < -0.39 is 0 Å². The lowest BCUT2D eigenvalue weighted by atomic mass is 10.3. The van der Waals surface area contributed by atoms with Gasteiger partial charge in [-0.15, -0.1) is 0 Å². The molecular formula is C11H20N6. The summed E-state index contributed by atoms with van der Waals surface area (Å²) < 4.78 is 0. The van der Waals surface area contributed by atoms with Gasteiger partial charge in [0.1, 0.15) is 5.82 Å². The Morgan fingerprint density at radius 1 is 1.41 bits per heavy atom. The van der Waals surface area contributed by atoms with Crippen LogP contribution in [0.5, 0.6) is 0 Å². The van der Waals surface area contributed by atoms with Gasteiger partial charge in [0.15, 0.2) is 0 Å². The van der Waals surface area contributed by atoms with Gasteiger partial charge < -0.3 is 16.4 Å². The predicted octanol–water partition coefficient (Wildman–Crippen LogP) is -0.316. The van der Waals surface area contributed by atoms with Crippen molar-refractivity contribution < 1.29 is 0 Å². The van der Waals surface area contributed by atoms with Gasteiger partial charge in [-0.3, -0.25) is 4.90 Å². The van der Waals surface area contributed by atoms with Crippen molar-refractivity contribution in [1.82, 2.24) is 20.2 Å². The number of nitrogens with one attached hydrogen (secondary N) is 2. The van der Waals surface area contributed by atoms with Crippen LogP contribution < -0.4 is 16.4 Å². The Morgan fingerprint density at radius 2 is 2.18 bits per heavy atom. The van der Waals surface area contributed by atoms with E-state index in [2.05, 4.69) is 25.5 Å². The summed E-state index contributed by atoms with van der Waals surface area (Å²) in [6.45, 7) is 8.23. The van der Waals surface area contributed by atoms with Crippen molar-refractivity contribution >= 4 is 11.8 Å². The molecule has 0 amide bonds. The number of nitrogens with two attached hydrogens (primary N) is 1. The number of piperazine rings is 1. The molecule has 0 saturated carbocycles. The van der Waals surface area contributed by atoms with Crippen LogP contribution in [0.3, 0.4) is 0 Å². The SMILES string of the molecule is Cc1cc(NCCN2CCNCC2)nc(N)n1. The minimum Gasteiger partial charge on any atom is -0.369 e. The molecule has 6 nitrogen and oxygen atoms in total. The van der Waals surface area contributed by atoms with Gasteiger partial charge in [0.25, 0.3) is 0 Å². The average Bonchev–Trinajstić information content (AvgIpc) is 2.29. The molecule has 0 atom stereocenters. The van der Waals surface area contributed by atoms with Crippen LogP contribution in [0.15, 0.2) is 6.07 Å². The fraction of sp³-hybridized carbons (Fsp3) is 0.636. The minimum absolute atomic E-state index is 0.328. The highest BCUT2D eigenvalue weighted by Crippen LogP contribution is 2.06. The number of rotatable bonds is 4. The highest BCUT2D eigenvalue weighted by molar-refractivity contribution is 5.40. The van der Waals surface area contributed by atoms with E-state index in [-0.39, 0.29) is 0 Å². The average molecular weight is 236 g/mol. The maximum Gasteiger partial charge on any atom is 0.222 e. The monoisotopic (exact) mass is 236 g/mol. The molecule has 1 saturated heterocycles. The first-order valence-corrected chi connectivity index (χ1v) is 6.02. The Labute approximate surface area is 102 Å². The van der Waals surface area contributed by atoms with Crippen LogP contribution in [0.2, 0.25) is 0 Å². The Morgan fingerprint density at radius 3 is 2.88 bits per heavy atom. The summed E-state index contributed by atoms with van der Waals surface area (Å²) >= 11 is 0. The van der Waals surface area contributed by atoms with Crippen LogP contribution in [-0.2, 0) is 0 Å². The van der Waals surface area contributed by atoms with Crippen molar-refractivity contribution in [2.45, 2.75) is 6.92 Å². The summed E-state index contributed by atoms with van der Waals surface area (Å²) in [5.41, 5.74) is 6.48. The van der Waals surface area contributed by atoms with E-state index >= 15 is 0 Å². The molecule has 1 aliphatic heterocycles. The zero-order valence-electron chi connectivity index (χ0n) is 10.2. The zero-order chi connectivity index (χ0) is 12.1. The van der Waals surface area contributed by atoms with Crippen molar-refractivity contribution in [2.75, 3.05) is 50.3 Å². The third-order valence-electron chi connectivity index (χ3n) is 2.82.